The highest BCUT2D eigenvalue weighted by Gasteiger charge is 2.36. The Morgan fingerprint density at radius 1 is 1.07 bits per heavy atom. The van der Waals surface area contributed by atoms with Gasteiger partial charge in [0.05, 0.1) is 18.4 Å². The van der Waals surface area contributed by atoms with Crippen LogP contribution < -0.4 is 4.90 Å². The number of halogens is 1. The number of ether oxygens (including phenoxy) is 1. The first-order valence-electron chi connectivity index (χ1n) is 10.4. The molecule has 1 amide bonds. The summed E-state index contributed by atoms with van der Waals surface area (Å²) in [5.74, 6) is -1.67. The molecule has 0 aromatic heterocycles. The summed E-state index contributed by atoms with van der Waals surface area (Å²) in [7, 11) is 1.24. The lowest BCUT2D eigenvalue weighted by atomic mass is 9.81. The molecule has 3 rings (SSSR count). The molecule has 1 N–H and O–H groups in total. The van der Waals surface area contributed by atoms with Crippen LogP contribution in [0.1, 0.15) is 75.1 Å². The number of anilines is 1. The largest absolute Gasteiger partial charge is 0.505 e. The summed E-state index contributed by atoms with van der Waals surface area (Å²) in [5, 5.41) is 9.79. The van der Waals surface area contributed by atoms with Gasteiger partial charge in [0, 0.05) is 18.0 Å². The molecule has 0 bridgehead atoms. The lowest BCUT2D eigenvalue weighted by Crippen LogP contribution is -2.46. The second-order valence-corrected chi connectivity index (χ2v) is 8.27. The van der Waals surface area contributed by atoms with E-state index in [2.05, 4.69) is 6.92 Å². The van der Waals surface area contributed by atoms with Gasteiger partial charge >= 0.3 is 5.97 Å². The summed E-state index contributed by atoms with van der Waals surface area (Å²) in [6.45, 7) is 2.20. The van der Waals surface area contributed by atoms with Crippen molar-refractivity contribution < 1.29 is 23.8 Å². The lowest BCUT2D eigenvalue weighted by Gasteiger charge is -2.38. The first-order chi connectivity index (χ1) is 13.4. The summed E-state index contributed by atoms with van der Waals surface area (Å²) < 4.78 is 19.1. The minimum atomic E-state index is -0.839. The van der Waals surface area contributed by atoms with Gasteiger partial charge in [0.15, 0.2) is 11.6 Å². The fourth-order valence-electron chi connectivity index (χ4n) is 4.56. The van der Waals surface area contributed by atoms with Gasteiger partial charge in [-0.2, -0.15) is 0 Å². The van der Waals surface area contributed by atoms with E-state index < -0.39 is 17.5 Å². The number of rotatable bonds is 4. The zero-order valence-corrected chi connectivity index (χ0v) is 16.7. The van der Waals surface area contributed by atoms with Crippen molar-refractivity contribution in [1.82, 2.24) is 0 Å². The zero-order chi connectivity index (χ0) is 20.3. The number of nitrogens with zero attached hydrogens (tertiary/aromatic N) is 1. The van der Waals surface area contributed by atoms with E-state index in [1.807, 2.05) is 0 Å². The lowest BCUT2D eigenvalue weighted by molar-refractivity contribution is -0.124. The minimum absolute atomic E-state index is 0.0319. The van der Waals surface area contributed by atoms with Gasteiger partial charge in [-0.3, -0.25) is 4.79 Å². The first-order valence-corrected chi connectivity index (χ1v) is 10.4. The molecule has 1 aromatic rings. The van der Waals surface area contributed by atoms with Crippen LogP contribution in [0.2, 0.25) is 0 Å². The maximum absolute atomic E-state index is 14.3. The third-order valence-corrected chi connectivity index (χ3v) is 6.27. The molecule has 0 aliphatic heterocycles. The smallest absolute Gasteiger partial charge is 0.340 e. The molecule has 2 aliphatic rings. The van der Waals surface area contributed by atoms with Crippen LogP contribution in [0.5, 0.6) is 5.75 Å². The summed E-state index contributed by atoms with van der Waals surface area (Å²) in [4.78, 5) is 27.5. The number of methoxy groups -OCH3 is 1. The highest BCUT2D eigenvalue weighted by atomic mass is 19.1. The van der Waals surface area contributed by atoms with Crippen molar-refractivity contribution in [1.29, 1.82) is 0 Å². The Morgan fingerprint density at radius 2 is 1.71 bits per heavy atom. The van der Waals surface area contributed by atoms with Crippen LogP contribution in [0.4, 0.5) is 10.1 Å². The number of hydrogen-bond acceptors (Lipinski definition) is 4. The number of phenols is 1. The van der Waals surface area contributed by atoms with Crippen LogP contribution in [-0.4, -0.2) is 30.1 Å². The molecule has 0 atom stereocenters. The molecule has 0 spiro atoms. The summed E-state index contributed by atoms with van der Waals surface area (Å²) in [6, 6.07) is 2.12. The number of esters is 1. The SMILES string of the molecule is COC(=O)c1cc(O)c(F)cc1N(C(=O)[C@H]1CC[C@H](C)CC1)C1CCCCC1. The minimum Gasteiger partial charge on any atom is -0.505 e. The van der Waals surface area contributed by atoms with E-state index >= 15 is 0 Å². The van der Waals surface area contributed by atoms with Gasteiger partial charge < -0.3 is 14.7 Å². The van der Waals surface area contributed by atoms with E-state index in [-0.39, 0.29) is 29.1 Å². The van der Waals surface area contributed by atoms with E-state index in [1.54, 1.807) is 4.90 Å². The normalized spacial score (nSPS) is 23.2. The van der Waals surface area contributed by atoms with Gasteiger partial charge in [0.1, 0.15) is 0 Å². The molecule has 2 aliphatic carbocycles. The van der Waals surface area contributed by atoms with Gasteiger partial charge in [-0.1, -0.05) is 26.2 Å². The molecule has 28 heavy (non-hydrogen) atoms. The van der Waals surface area contributed by atoms with Crippen LogP contribution in [0.3, 0.4) is 0 Å². The zero-order valence-electron chi connectivity index (χ0n) is 16.7. The number of benzene rings is 1. The summed E-state index contributed by atoms with van der Waals surface area (Å²) in [6.07, 6.45) is 8.43. The number of amides is 1. The maximum atomic E-state index is 14.3. The predicted octanol–water partition coefficient (Wildman–Crippen LogP) is 4.81. The molecule has 0 heterocycles. The van der Waals surface area contributed by atoms with E-state index in [9.17, 15) is 19.1 Å². The third kappa shape index (κ3) is 4.31. The molecule has 0 unspecified atom stereocenters. The Hall–Kier alpha value is -2.11. The molecule has 1 aromatic carbocycles. The maximum Gasteiger partial charge on any atom is 0.340 e. The fourth-order valence-corrected chi connectivity index (χ4v) is 4.56. The van der Waals surface area contributed by atoms with Crippen molar-refractivity contribution in [3.05, 3.63) is 23.5 Å². The van der Waals surface area contributed by atoms with Gasteiger partial charge in [0.2, 0.25) is 5.91 Å². The molecule has 5 nitrogen and oxygen atoms in total. The summed E-state index contributed by atoms with van der Waals surface area (Å²) in [5.41, 5.74) is 0.252. The molecule has 2 fully saturated rings. The molecule has 154 valence electrons. The Bertz CT molecular complexity index is 721. The predicted molar refractivity (Wildman–Crippen MR) is 105 cm³/mol. The average Bonchev–Trinajstić information content (AvgIpc) is 2.71. The number of aromatic hydroxyl groups is 1. The van der Waals surface area contributed by atoms with E-state index in [0.29, 0.717) is 5.92 Å². The van der Waals surface area contributed by atoms with E-state index in [4.69, 9.17) is 4.74 Å². The van der Waals surface area contributed by atoms with Gasteiger partial charge in [-0.15, -0.1) is 0 Å². The van der Waals surface area contributed by atoms with Gasteiger partial charge in [0.25, 0.3) is 0 Å². The summed E-state index contributed by atoms with van der Waals surface area (Å²) >= 11 is 0. The molecule has 0 radical (unpaired) electrons. The molecular weight excluding hydrogens is 361 g/mol. The van der Waals surface area contributed by atoms with Crippen LogP contribution in [0.25, 0.3) is 0 Å². The highest BCUT2D eigenvalue weighted by molar-refractivity contribution is 6.04. The van der Waals surface area contributed by atoms with Crippen molar-refractivity contribution >= 4 is 17.6 Å². The monoisotopic (exact) mass is 391 g/mol. The van der Waals surface area contributed by atoms with Crippen molar-refractivity contribution in [2.75, 3.05) is 12.0 Å². The highest BCUT2D eigenvalue weighted by Crippen LogP contribution is 2.37. The standard InChI is InChI=1S/C22H30FNO4/c1-14-8-10-15(11-9-14)21(26)24(16-6-4-3-5-7-16)19-13-18(23)20(25)12-17(19)22(27)28-2/h12-16,25H,3-11H2,1-2H3/t14-,15-. The number of phenolic OH excluding ortho intramolecular Hbond substituents is 1. The molecule has 6 heteroatoms. The van der Waals surface area contributed by atoms with Crippen LogP contribution in [0, 0.1) is 17.7 Å². The van der Waals surface area contributed by atoms with Crippen molar-refractivity contribution in [2.24, 2.45) is 11.8 Å². The van der Waals surface area contributed by atoms with Crippen molar-refractivity contribution in [3.63, 3.8) is 0 Å². The Labute approximate surface area is 165 Å². The number of hydrogen-bond donors (Lipinski definition) is 1. The second kappa shape index (κ2) is 8.93. The van der Waals surface area contributed by atoms with Crippen LogP contribution in [0.15, 0.2) is 12.1 Å². The Morgan fingerprint density at radius 3 is 2.32 bits per heavy atom. The van der Waals surface area contributed by atoms with Gasteiger partial charge in [-0.25, -0.2) is 9.18 Å². The number of carbonyl (C=O) groups is 2. The first kappa shape index (κ1) is 20.6. The van der Waals surface area contributed by atoms with E-state index in [1.165, 1.54) is 7.11 Å². The van der Waals surface area contributed by atoms with Crippen molar-refractivity contribution in [2.45, 2.75) is 70.8 Å². The second-order valence-electron chi connectivity index (χ2n) is 8.27. The van der Waals surface area contributed by atoms with Crippen LogP contribution >= 0.6 is 0 Å². The molecular formula is C22H30FNO4. The third-order valence-electron chi connectivity index (χ3n) is 6.27. The quantitative estimate of drug-likeness (QED) is 0.748. The Kier molecular flexibility index (Phi) is 6.57. The fraction of sp³-hybridized carbons (Fsp3) is 0.636. The van der Waals surface area contributed by atoms with Crippen molar-refractivity contribution in [3.8, 4) is 5.75 Å². The van der Waals surface area contributed by atoms with E-state index in [0.717, 1.165) is 69.9 Å². The average molecular weight is 391 g/mol. The van der Waals surface area contributed by atoms with Gasteiger partial charge in [-0.05, 0) is 50.5 Å². The topological polar surface area (TPSA) is 66.8 Å². The van der Waals surface area contributed by atoms with Crippen LogP contribution in [-0.2, 0) is 9.53 Å². The Balaban J connectivity index is 2.02. The number of carbonyl (C=O) groups excluding carboxylic acids is 2. The molecule has 2 saturated carbocycles. The molecule has 0 saturated heterocycles.